The van der Waals surface area contributed by atoms with E-state index in [1.54, 1.807) is 0 Å². The van der Waals surface area contributed by atoms with Crippen molar-refractivity contribution in [1.82, 2.24) is 10.2 Å². The molecule has 1 amide bonds. The second-order valence-corrected chi connectivity index (χ2v) is 5.78. The number of nitrogens with zero attached hydrogens (tertiary/aromatic N) is 1. The predicted octanol–water partition coefficient (Wildman–Crippen LogP) is 2.45. The van der Waals surface area contributed by atoms with Crippen LogP contribution in [0, 0.1) is 11.3 Å². The third kappa shape index (κ3) is 3.00. The van der Waals surface area contributed by atoms with Crippen molar-refractivity contribution in [3.63, 3.8) is 0 Å². The molecule has 0 spiro atoms. The molecule has 0 radical (unpaired) electrons. The maximum Gasteiger partial charge on any atom is 0.228 e. The number of amides is 1. The van der Waals surface area contributed by atoms with Gasteiger partial charge in [0.1, 0.15) is 0 Å². The summed E-state index contributed by atoms with van der Waals surface area (Å²) in [4.78, 5) is 14.6. The Labute approximate surface area is 117 Å². The van der Waals surface area contributed by atoms with Gasteiger partial charge in [0.15, 0.2) is 0 Å². The monoisotopic (exact) mass is 274 g/mol. The molecule has 2 aliphatic rings. The summed E-state index contributed by atoms with van der Waals surface area (Å²) in [5, 5.41) is 3.24. The Kier molecular flexibility index (Phi) is 5.93. The molecule has 1 heterocycles. The van der Waals surface area contributed by atoms with Crippen molar-refractivity contribution in [3.8, 4) is 0 Å². The van der Waals surface area contributed by atoms with Gasteiger partial charge in [-0.25, -0.2) is 0 Å². The number of piperidine rings is 1. The summed E-state index contributed by atoms with van der Waals surface area (Å²) < 4.78 is 0. The summed E-state index contributed by atoms with van der Waals surface area (Å²) in [6.07, 6.45) is 6.87. The van der Waals surface area contributed by atoms with E-state index in [-0.39, 0.29) is 17.8 Å². The first-order valence-corrected chi connectivity index (χ1v) is 7.16. The van der Waals surface area contributed by atoms with Crippen molar-refractivity contribution in [1.29, 1.82) is 0 Å². The summed E-state index contributed by atoms with van der Waals surface area (Å²) >= 11 is 0. The fourth-order valence-electron chi connectivity index (χ4n) is 3.29. The van der Waals surface area contributed by atoms with Crippen molar-refractivity contribution < 1.29 is 4.79 Å². The van der Waals surface area contributed by atoms with Gasteiger partial charge in [-0.2, -0.15) is 0 Å². The van der Waals surface area contributed by atoms with Crippen LogP contribution in [-0.2, 0) is 4.79 Å². The summed E-state index contributed by atoms with van der Waals surface area (Å²) in [6.45, 7) is 5.23. The summed E-state index contributed by atoms with van der Waals surface area (Å²) in [6, 6.07) is 0. The summed E-state index contributed by atoms with van der Waals surface area (Å²) in [5.74, 6) is 1.22. The normalized spacial score (nSPS) is 23.1. The quantitative estimate of drug-likeness (QED) is 0.854. The average Bonchev–Trinajstić information content (AvgIpc) is 2.29. The van der Waals surface area contributed by atoms with Crippen molar-refractivity contribution >= 4 is 18.3 Å². The number of likely N-dealkylation sites (tertiary alicyclic amines) is 1. The minimum Gasteiger partial charge on any atom is -0.342 e. The van der Waals surface area contributed by atoms with Crippen LogP contribution in [0.2, 0.25) is 0 Å². The predicted molar refractivity (Wildman–Crippen MR) is 77.1 cm³/mol. The number of carbonyl (C=O) groups is 1. The third-order valence-electron chi connectivity index (χ3n) is 4.84. The molecule has 1 aliphatic heterocycles. The van der Waals surface area contributed by atoms with Crippen molar-refractivity contribution in [2.75, 3.05) is 26.7 Å². The van der Waals surface area contributed by atoms with Crippen LogP contribution in [0.5, 0.6) is 0 Å². The largest absolute Gasteiger partial charge is 0.342 e. The van der Waals surface area contributed by atoms with E-state index in [2.05, 4.69) is 17.1 Å². The first-order valence-electron chi connectivity index (χ1n) is 7.16. The van der Waals surface area contributed by atoms with E-state index in [4.69, 9.17) is 0 Å². The van der Waals surface area contributed by atoms with Crippen molar-refractivity contribution in [3.05, 3.63) is 0 Å². The zero-order valence-electron chi connectivity index (χ0n) is 11.7. The molecule has 2 rings (SSSR count). The molecule has 2 fully saturated rings. The molecule has 0 aromatic carbocycles. The lowest BCUT2D eigenvalue weighted by molar-refractivity contribution is -0.149. The van der Waals surface area contributed by atoms with E-state index in [1.165, 1.54) is 19.3 Å². The van der Waals surface area contributed by atoms with E-state index in [0.29, 0.717) is 5.91 Å². The molecule has 0 aromatic heterocycles. The Morgan fingerprint density at radius 1 is 1.33 bits per heavy atom. The van der Waals surface area contributed by atoms with E-state index in [0.717, 1.165) is 44.8 Å². The summed E-state index contributed by atoms with van der Waals surface area (Å²) in [7, 11) is 2.01. The highest BCUT2D eigenvalue weighted by Gasteiger charge is 2.44. The van der Waals surface area contributed by atoms with Gasteiger partial charge in [-0.3, -0.25) is 4.79 Å². The topological polar surface area (TPSA) is 32.3 Å². The Hall–Kier alpha value is -0.280. The lowest BCUT2D eigenvalue weighted by Crippen LogP contribution is -2.50. The number of hydrogen-bond acceptors (Lipinski definition) is 2. The van der Waals surface area contributed by atoms with Gasteiger partial charge in [-0.05, 0) is 51.6 Å². The van der Waals surface area contributed by atoms with Gasteiger partial charge < -0.3 is 10.2 Å². The molecule has 1 aliphatic carbocycles. The number of carbonyl (C=O) groups excluding carboxylic acids is 1. The minimum atomic E-state index is 0. The molecule has 4 heteroatoms. The molecule has 18 heavy (non-hydrogen) atoms. The molecule has 0 atom stereocenters. The van der Waals surface area contributed by atoms with Gasteiger partial charge in [-0.1, -0.05) is 13.3 Å². The van der Waals surface area contributed by atoms with E-state index < -0.39 is 0 Å². The fourth-order valence-corrected chi connectivity index (χ4v) is 3.29. The van der Waals surface area contributed by atoms with Gasteiger partial charge in [0.25, 0.3) is 0 Å². The van der Waals surface area contributed by atoms with Crippen LogP contribution >= 0.6 is 12.4 Å². The first-order chi connectivity index (χ1) is 8.22. The van der Waals surface area contributed by atoms with Crippen LogP contribution in [-0.4, -0.2) is 37.5 Å². The molecule has 1 saturated heterocycles. The molecule has 1 saturated carbocycles. The second kappa shape index (κ2) is 6.76. The standard InChI is InChI=1S/C14H26N2O.ClH/c1-3-14(7-4-8-14)13(17)16-9-5-12(6-10-16)11-15-2;/h12,15H,3-11H2,1-2H3;1H. The Bertz CT molecular complexity index is 265. The van der Waals surface area contributed by atoms with E-state index in [1.807, 2.05) is 7.05 Å². The van der Waals surface area contributed by atoms with Crippen molar-refractivity contribution in [2.24, 2.45) is 11.3 Å². The lowest BCUT2D eigenvalue weighted by Gasteiger charge is -2.44. The van der Waals surface area contributed by atoms with Crippen LogP contribution in [0.1, 0.15) is 45.4 Å². The molecule has 3 nitrogen and oxygen atoms in total. The number of nitrogens with one attached hydrogen (secondary N) is 1. The Morgan fingerprint density at radius 2 is 1.94 bits per heavy atom. The van der Waals surface area contributed by atoms with Crippen LogP contribution in [0.4, 0.5) is 0 Å². The van der Waals surface area contributed by atoms with Gasteiger partial charge in [-0.15, -0.1) is 12.4 Å². The molecule has 0 bridgehead atoms. The zero-order valence-corrected chi connectivity index (χ0v) is 12.5. The number of rotatable bonds is 4. The lowest BCUT2D eigenvalue weighted by atomic mass is 9.66. The summed E-state index contributed by atoms with van der Waals surface area (Å²) in [5.41, 5.74) is 0.0375. The van der Waals surface area contributed by atoms with Crippen LogP contribution in [0.15, 0.2) is 0 Å². The van der Waals surface area contributed by atoms with Crippen LogP contribution in [0.25, 0.3) is 0 Å². The van der Waals surface area contributed by atoms with Crippen molar-refractivity contribution in [2.45, 2.75) is 45.4 Å². The fraction of sp³-hybridized carbons (Fsp3) is 0.929. The Balaban J connectivity index is 0.00000162. The van der Waals surface area contributed by atoms with Crippen LogP contribution in [0.3, 0.4) is 0 Å². The smallest absolute Gasteiger partial charge is 0.228 e. The van der Waals surface area contributed by atoms with Gasteiger partial charge >= 0.3 is 0 Å². The maximum absolute atomic E-state index is 12.5. The molecular formula is C14H27ClN2O. The molecule has 0 unspecified atom stereocenters. The van der Waals surface area contributed by atoms with Crippen LogP contribution < -0.4 is 5.32 Å². The number of halogens is 1. The highest BCUT2D eigenvalue weighted by atomic mass is 35.5. The van der Waals surface area contributed by atoms with Gasteiger partial charge in [0.2, 0.25) is 5.91 Å². The molecule has 106 valence electrons. The van der Waals surface area contributed by atoms with E-state index >= 15 is 0 Å². The maximum atomic E-state index is 12.5. The molecule has 1 N–H and O–H groups in total. The highest BCUT2D eigenvalue weighted by Crippen LogP contribution is 2.45. The molecular weight excluding hydrogens is 248 g/mol. The highest BCUT2D eigenvalue weighted by molar-refractivity contribution is 5.85. The minimum absolute atomic E-state index is 0. The Morgan fingerprint density at radius 3 is 2.33 bits per heavy atom. The zero-order chi connectivity index (χ0) is 12.3. The SMILES string of the molecule is CCC1(C(=O)N2CCC(CNC)CC2)CCC1.Cl. The molecule has 0 aromatic rings. The van der Waals surface area contributed by atoms with Gasteiger partial charge in [0, 0.05) is 18.5 Å². The van der Waals surface area contributed by atoms with Gasteiger partial charge in [0.05, 0.1) is 0 Å². The average molecular weight is 275 g/mol. The third-order valence-corrected chi connectivity index (χ3v) is 4.84. The van der Waals surface area contributed by atoms with E-state index in [9.17, 15) is 4.79 Å². The second-order valence-electron chi connectivity index (χ2n) is 5.78. The number of hydrogen-bond donors (Lipinski definition) is 1. The first kappa shape index (κ1) is 15.8.